The van der Waals surface area contributed by atoms with Gasteiger partial charge in [-0.05, 0) is 30.2 Å². The van der Waals surface area contributed by atoms with Crippen LogP contribution < -0.4 is 10.3 Å². The molecule has 1 N–H and O–H groups in total. The third-order valence-corrected chi connectivity index (χ3v) is 4.35. The van der Waals surface area contributed by atoms with Crippen LogP contribution in [0, 0.1) is 5.92 Å². The molecular weight excluding hydrogens is 306 g/mol. The lowest BCUT2D eigenvalue weighted by Gasteiger charge is -2.09. The largest absolute Gasteiger partial charge is 0.423 e. The van der Waals surface area contributed by atoms with Crippen molar-refractivity contribution < 1.29 is 17.6 Å². The number of hydrogen-bond donors (Lipinski definition) is 1. The summed E-state index contributed by atoms with van der Waals surface area (Å²) >= 11 is 0. The summed E-state index contributed by atoms with van der Waals surface area (Å²) in [4.78, 5) is 11.2. The Labute approximate surface area is 129 Å². The zero-order valence-electron chi connectivity index (χ0n) is 12.5. The van der Waals surface area contributed by atoms with Gasteiger partial charge in [0.15, 0.2) is 0 Å². The van der Waals surface area contributed by atoms with Gasteiger partial charge in [0, 0.05) is 24.6 Å². The zero-order chi connectivity index (χ0) is 16.2. The predicted octanol–water partition coefficient (Wildman–Crippen LogP) is 1.74. The summed E-state index contributed by atoms with van der Waals surface area (Å²) in [5.41, 5.74) is -0.116. The Bertz CT molecular complexity index is 795. The van der Waals surface area contributed by atoms with Crippen LogP contribution in [0.15, 0.2) is 44.4 Å². The van der Waals surface area contributed by atoms with E-state index >= 15 is 0 Å². The van der Waals surface area contributed by atoms with E-state index in [0.29, 0.717) is 30.1 Å². The second-order valence-electron chi connectivity index (χ2n) is 5.32. The van der Waals surface area contributed by atoms with E-state index in [1.165, 1.54) is 30.3 Å². The van der Waals surface area contributed by atoms with Crippen LogP contribution in [0.2, 0.25) is 0 Å². The fourth-order valence-electron chi connectivity index (χ4n) is 1.87. The molecule has 0 bridgehead atoms. The van der Waals surface area contributed by atoms with Crippen LogP contribution in [-0.4, -0.2) is 28.2 Å². The first-order valence-corrected chi connectivity index (χ1v) is 8.48. The Morgan fingerprint density at radius 2 is 2.00 bits per heavy atom. The number of benzene rings is 1. The molecule has 0 fully saturated rings. The topological polar surface area (TPSA) is 85.6 Å². The highest BCUT2D eigenvalue weighted by Crippen LogP contribution is 2.17. The lowest BCUT2D eigenvalue weighted by atomic mass is 10.2. The highest BCUT2D eigenvalue weighted by molar-refractivity contribution is 7.89. The van der Waals surface area contributed by atoms with Gasteiger partial charge in [-0.1, -0.05) is 13.8 Å². The third kappa shape index (κ3) is 4.40. The van der Waals surface area contributed by atoms with Crippen LogP contribution in [0.4, 0.5) is 0 Å². The molecule has 0 aliphatic heterocycles. The Morgan fingerprint density at radius 1 is 1.23 bits per heavy atom. The van der Waals surface area contributed by atoms with E-state index in [1.807, 2.05) is 13.8 Å². The normalized spacial score (nSPS) is 12.1. The minimum Gasteiger partial charge on any atom is -0.423 e. The molecule has 1 aromatic heterocycles. The van der Waals surface area contributed by atoms with E-state index in [-0.39, 0.29) is 11.4 Å². The lowest BCUT2D eigenvalue weighted by Crippen LogP contribution is -2.27. The molecule has 1 aromatic carbocycles. The summed E-state index contributed by atoms with van der Waals surface area (Å²) < 4.78 is 37.1. The molecule has 0 atom stereocenters. The minimum atomic E-state index is -3.61. The Morgan fingerprint density at radius 3 is 2.73 bits per heavy atom. The first kappa shape index (κ1) is 16.7. The zero-order valence-corrected chi connectivity index (χ0v) is 13.4. The first-order chi connectivity index (χ1) is 10.4. The molecule has 0 amide bonds. The van der Waals surface area contributed by atoms with Gasteiger partial charge in [-0.25, -0.2) is 17.9 Å². The van der Waals surface area contributed by atoms with Crippen molar-refractivity contribution in [2.24, 2.45) is 5.92 Å². The fraction of sp³-hybridized carbons (Fsp3) is 0.400. The number of sulfonamides is 1. The number of nitrogens with one attached hydrogen (secondary N) is 1. The molecule has 6 nitrogen and oxygen atoms in total. The van der Waals surface area contributed by atoms with Crippen LogP contribution in [0.25, 0.3) is 11.0 Å². The van der Waals surface area contributed by atoms with Crippen LogP contribution >= 0.6 is 0 Å². The van der Waals surface area contributed by atoms with Gasteiger partial charge in [0.1, 0.15) is 5.58 Å². The lowest BCUT2D eigenvalue weighted by molar-refractivity contribution is 0.114. The van der Waals surface area contributed by atoms with Crippen molar-refractivity contribution in [3.8, 4) is 0 Å². The predicted molar refractivity (Wildman–Crippen MR) is 83.3 cm³/mol. The molecular formula is C15H19NO5S. The molecule has 0 aliphatic carbocycles. The molecule has 0 radical (unpaired) electrons. The minimum absolute atomic E-state index is 0.123. The van der Waals surface area contributed by atoms with Crippen molar-refractivity contribution in [1.29, 1.82) is 0 Å². The molecule has 7 heteroatoms. The molecule has 2 rings (SSSR count). The summed E-state index contributed by atoms with van der Waals surface area (Å²) in [7, 11) is -3.61. The second kappa shape index (κ2) is 7.04. The monoisotopic (exact) mass is 325 g/mol. The van der Waals surface area contributed by atoms with Gasteiger partial charge in [-0.3, -0.25) is 0 Å². The highest BCUT2D eigenvalue weighted by Gasteiger charge is 2.14. The maximum Gasteiger partial charge on any atom is 0.336 e. The average Bonchev–Trinajstić information content (AvgIpc) is 2.45. The van der Waals surface area contributed by atoms with Gasteiger partial charge in [-0.2, -0.15) is 0 Å². The van der Waals surface area contributed by atoms with E-state index in [4.69, 9.17) is 9.15 Å². The molecule has 0 spiro atoms. The molecule has 1 heterocycles. The van der Waals surface area contributed by atoms with Gasteiger partial charge >= 0.3 is 5.63 Å². The highest BCUT2D eigenvalue weighted by atomic mass is 32.2. The Balaban J connectivity index is 2.06. The van der Waals surface area contributed by atoms with Crippen molar-refractivity contribution in [1.82, 2.24) is 4.72 Å². The standard InChI is InChI=1S/C15H19NO5S/c1-11(2)10-20-8-7-16-22(18,19)13-4-5-14-12(9-13)3-6-15(17)21-14/h3-6,9,11,16H,7-8,10H2,1-2H3. The Hall–Kier alpha value is -1.70. The van der Waals surface area contributed by atoms with Gasteiger partial charge in [0.25, 0.3) is 0 Å². The molecule has 2 aromatic rings. The van der Waals surface area contributed by atoms with Crippen LogP contribution in [0.3, 0.4) is 0 Å². The summed E-state index contributed by atoms with van der Waals surface area (Å²) in [6, 6.07) is 7.14. The van der Waals surface area contributed by atoms with Crippen molar-refractivity contribution in [3.05, 3.63) is 40.8 Å². The van der Waals surface area contributed by atoms with E-state index in [1.54, 1.807) is 0 Å². The number of rotatable bonds is 7. The SMILES string of the molecule is CC(C)COCCNS(=O)(=O)c1ccc2oc(=O)ccc2c1. The molecule has 120 valence electrons. The first-order valence-electron chi connectivity index (χ1n) is 7.00. The van der Waals surface area contributed by atoms with Crippen LogP contribution in [-0.2, 0) is 14.8 Å². The number of fused-ring (bicyclic) bond motifs is 1. The molecule has 0 aliphatic rings. The van der Waals surface area contributed by atoms with Crippen LogP contribution in [0.1, 0.15) is 13.8 Å². The third-order valence-electron chi connectivity index (χ3n) is 2.89. The van der Waals surface area contributed by atoms with Crippen molar-refractivity contribution in [2.45, 2.75) is 18.7 Å². The maximum absolute atomic E-state index is 12.2. The van der Waals surface area contributed by atoms with E-state index in [9.17, 15) is 13.2 Å². The van der Waals surface area contributed by atoms with Gasteiger partial charge in [0.05, 0.1) is 11.5 Å². The Kier molecular flexibility index (Phi) is 5.33. The second-order valence-corrected chi connectivity index (χ2v) is 7.09. The van der Waals surface area contributed by atoms with Crippen molar-refractivity contribution >= 4 is 21.0 Å². The van der Waals surface area contributed by atoms with Gasteiger partial charge in [0.2, 0.25) is 10.0 Å². The molecule has 0 saturated heterocycles. The van der Waals surface area contributed by atoms with E-state index in [0.717, 1.165) is 0 Å². The molecule has 22 heavy (non-hydrogen) atoms. The summed E-state index contributed by atoms with van der Waals surface area (Å²) in [6.07, 6.45) is 0. The van der Waals surface area contributed by atoms with Crippen molar-refractivity contribution in [2.75, 3.05) is 19.8 Å². The quantitative estimate of drug-likeness (QED) is 0.619. The van der Waals surface area contributed by atoms with E-state index in [2.05, 4.69) is 4.72 Å². The summed E-state index contributed by atoms with van der Waals surface area (Å²) in [5, 5.41) is 0.554. The fourth-order valence-corrected chi connectivity index (χ4v) is 2.92. The van der Waals surface area contributed by atoms with Gasteiger partial charge < -0.3 is 9.15 Å². The van der Waals surface area contributed by atoms with E-state index < -0.39 is 15.6 Å². The maximum atomic E-state index is 12.2. The van der Waals surface area contributed by atoms with Crippen molar-refractivity contribution in [3.63, 3.8) is 0 Å². The van der Waals surface area contributed by atoms with Crippen LogP contribution in [0.5, 0.6) is 0 Å². The molecule has 0 unspecified atom stereocenters. The summed E-state index contributed by atoms with van der Waals surface area (Å²) in [6.45, 7) is 5.17. The number of hydrogen-bond acceptors (Lipinski definition) is 5. The number of ether oxygens (including phenoxy) is 1. The smallest absolute Gasteiger partial charge is 0.336 e. The molecule has 0 saturated carbocycles. The average molecular weight is 325 g/mol. The van der Waals surface area contributed by atoms with Gasteiger partial charge in [-0.15, -0.1) is 0 Å². The summed E-state index contributed by atoms with van der Waals surface area (Å²) in [5.74, 6) is 0.409.